The highest BCUT2D eigenvalue weighted by atomic mass is 32.2. The molecule has 1 aliphatic rings. The Bertz CT molecular complexity index is 1040. The number of nitrogens with zero attached hydrogens (tertiary/aromatic N) is 3. The van der Waals surface area contributed by atoms with E-state index in [2.05, 4.69) is 15.1 Å². The van der Waals surface area contributed by atoms with Crippen LogP contribution in [0.25, 0.3) is 10.2 Å². The molecule has 2 aromatic carbocycles. The third-order valence-electron chi connectivity index (χ3n) is 5.40. The molecular weight excluding hydrogens is 444 g/mol. The Kier molecular flexibility index (Phi) is 7.72. The number of carbonyl (C=O) groups is 1. The molecule has 0 unspecified atom stereocenters. The van der Waals surface area contributed by atoms with Crippen LogP contribution in [0.4, 0.5) is 5.13 Å². The van der Waals surface area contributed by atoms with Gasteiger partial charge in [-0.3, -0.25) is 9.69 Å². The third kappa shape index (κ3) is 5.46. The standard InChI is InChI=1S/C23H28N4O3S2/c1-29-18-8-9-19-21(22(18)30-2)25-23(32-19)27-14-12-26(13-15-27)11-10-24-20(28)16-31-17-6-4-3-5-7-17/h3-9H,10-16H2,1-2H3,(H,24,28). The molecule has 170 valence electrons. The number of amides is 1. The van der Waals surface area contributed by atoms with Crippen LogP contribution in [0.15, 0.2) is 47.4 Å². The molecule has 0 bridgehead atoms. The fraction of sp³-hybridized carbons (Fsp3) is 0.391. The number of nitrogens with one attached hydrogen (secondary N) is 1. The van der Waals surface area contributed by atoms with Gasteiger partial charge in [0, 0.05) is 44.2 Å². The topological polar surface area (TPSA) is 66.9 Å². The fourth-order valence-corrected chi connectivity index (χ4v) is 5.43. The van der Waals surface area contributed by atoms with Crippen molar-refractivity contribution in [3.05, 3.63) is 42.5 Å². The van der Waals surface area contributed by atoms with Gasteiger partial charge in [-0.2, -0.15) is 0 Å². The van der Waals surface area contributed by atoms with Gasteiger partial charge < -0.3 is 19.7 Å². The summed E-state index contributed by atoms with van der Waals surface area (Å²) >= 11 is 3.24. The van der Waals surface area contributed by atoms with Gasteiger partial charge in [-0.1, -0.05) is 29.5 Å². The Morgan fingerprint density at radius 2 is 1.88 bits per heavy atom. The summed E-state index contributed by atoms with van der Waals surface area (Å²) in [6.07, 6.45) is 0. The average Bonchev–Trinajstić information content (AvgIpc) is 3.27. The van der Waals surface area contributed by atoms with Crippen LogP contribution in [0.1, 0.15) is 0 Å². The van der Waals surface area contributed by atoms with E-state index in [0.29, 0.717) is 23.8 Å². The number of fused-ring (bicyclic) bond motifs is 1. The summed E-state index contributed by atoms with van der Waals surface area (Å²) in [6, 6.07) is 14.0. The zero-order valence-electron chi connectivity index (χ0n) is 18.4. The first-order valence-electron chi connectivity index (χ1n) is 10.6. The molecular formula is C23H28N4O3S2. The Hall–Kier alpha value is -2.49. The van der Waals surface area contributed by atoms with Crippen molar-refractivity contribution in [1.29, 1.82) is 0 Å². The number of anilines is 1. The lowest BCUT2D eigenvalue weighted by atomic mass is 10.3. The molecule has 1 fully saturated rings. The lowest BCUT2D eigenvalue weighted by molar-refractivity contribution is -0.118. The van der Waals surface area contributed by atoms with E-state index in [1.807, 2.05) is 42.5 Å². The Balaban J connectivity index is 1.22. The number of ether oxygens (including phenoxy) is 2. The predicted octanol–water partition coefficient (Wildman–Crippen LogP) is 3.34. The number of hydrogen-bond donors (Lipinski definition) is 1. The highest BCUT2D eigenvalue weighted by Crippen LogP contribution is 2.40. The van der Waals surface area contributed by atoms with Crippen LogP contribution in [0, 0.1) is 0 Å². The molecule has 4 rings (SSSR count). The summed E-state index contributed by atoms with van der Waals surface area (Å²) in [4.78, 5) is 22.8. The predicted molar refractivity (Wildman–Crippen MR) is 132 cm³/mol. The maximum atomic E-state index is 12.1. The van der Waals surface area contributed by atoms with Gasteiger partial charge in [-0.15, -0.1) is 11.8 Å². The van der Waals surface area contributed by atoms with Crippen molar-refractivity contribution in [3.8, 4) is 11.5 Å². The maximum Gasteiger partial charge on any atom is 0.230 e. The molecule has 9 heteroatoms. The molecule has 1 saturated heterocycles. The molecule has 2 heterocycles. The van der Waals surface area contributed by atoms with Crippen LogP contribution in [-0.4, -0.2) is 75.0 Å². The number of benzene rings is 2. The maximum absolute atomic E-state index is 12.1. The van der Waals surface area contributed by atoms with Crippen LogP contribution in [0.3, 0.4) is 0 Å². The molecule has 0 spiro atoms. The molecule has 3 aromatic rings. The van der Waals surface area contributed by atoms with Gasteiger partial charge >= 0.3 is 0 Å². The van der Waals surface area contributed by atoms with E-state index in [9.17, 15) is 4.79 Å². The number of piperazine rings is 1. The van der Waals surface area contributed by atoms with Gasteiger partial charge in [0.15, 0.2) is 16.6 Å². The fourth-order valence-electron chi connectivity index (χ4n) is 3.67. The third-order valence-corrected chi connectivity index (χ3v) is 7.49. The minimum absolute atomic E-state index is 0.0799. The summed E-state index contributed by atoms with van der Waals surface area (Å²) in [7, 11) is 3.29. The molecule has 7 nitrogen and oxygen atoms in total. The van der Waals surface area contributed by atoms with Crippen LogP contribution < -0.4 is 19.7 Å². The van der Waals surface area contributed by atoms with Crippen molar-refractivity contribution < 1.29 is 14.3 Å². The summed E-state index contributed by atoms with van der Waals surface area (Å²) in [5.74, 6) is 1.92. The number of thiazole rings is 1. The zero-order chi connectivity index (χ0) is 22.3. The van der Waals surface area contributed by atoms with Crippen LogP contribution >= 0.6 is 23.1 Å². The minimum atomic E-state index is 0.0799. The van der Waals surface area contributed by atoms with Gasteiger partial charge in [0.05, 0.1) is 24.7 Å². The first-order chi connectivity index (χ1) is 15.7. The van der Waals surface area contributed by atoms with Crippen molar-refractivity contribution in [2.45, 2.75) is 4.90 Å². The lowest BCUT2D eigenvalue weighted by Crippen LogP contribution is -2.48. The average molecular weight is 473 g/mol. The van der Waals surface area contributed by atoms with Gasteiger partial charge in [-0.05, 0) is 24.3 Å². The summed E-state index contributed by atoms with van der Waals surface area (Å²) in [6.45, 7) is 5.26. The molecule has 0 saturated carbocycles. The lowest BCUT2D eigenvalue weighted by Gasteiger charge is -2.34. The number of carbonyl (C=O) groups excluding carboxylic acids is 1. The SMILES string of the molecule is COc1ccc2sc(N3CCN(CCNC(=O)CSc4ccccc4)CC3)nc2c1OC. The minimum Gasteiger partial charge on any atom is -0.493 e. The summed E-state index contributed by atoms with van der Waals surface area (Å²) in [5, 5.41) is 4.04. The van der Waals surface area contributed by atoms with E-state index in [1.165, 1.54) is 0 Å². The quantitative estimate of drug-likeness (QED) is 0.479. The zero-order valence-corrected chi connectivity index (χ0v) is 20.0. The van der Waals surface area contributed by atoms with Gasteiger partial charge in [0.2, 0.25) is 5.91 Å². The van der Waals surface area contributed by atoms with E-state index >= 15 is 0 Å². The van der Waals surface area contributed by atoms with Gasteiger partial charge in [-0.25, -0.2) is 4.98 Å². The molecule has 0 radical (unpaired) electrons. The monoisotopic (exact) mass is 472 g/mol. The Morgan fingerprint density at radius 3 is 2.59 bits per heavy atom. The van der Waals surface area contributed by atoms with Crippen LogP contribution in [0.2, 0.25) is 0 Å². The van der Waals surface area contributed by atoms with Gasteiger partial charge in [0.25, 0.3) is 0 Å². The number of thioether (sulfide) groups is 1. The van der Waals surface area contributed by atoms with E-state index < -0.39 is 0 Å². The molecule has 0 atom stereocenters. The van der Waals surface area contributed by atoms with E-state index in [-0.39, 0.29) is 5.91 Å². The second-order valence-electron chi connectivity index (χ2n) is 7.42. The van der Waals surface area contributed by atoms with Crippen LogP contribution in [0.5, 0.6) is 11.5 Å². The van der Waals surface area contributed by atoms with Crippen molar-refractivity contribution in [1.82, 2.24) is 15.2 Å². The van der Waals surface area contributed by atoms with E-state index in [4.69, 9.17) is 14.5 Å². The number of methoxy groups -OCH3 is 2. The van der Waals surface area contributed by atoms with Crippen molar-refractivity contribution in [2.75, 3.05) is 64.1 Å². The van der Waals surface area contributed by atoms with E-state index in [1.54, 1.807) is 37.3 Å². The molecule has 1 aliphatic heterocycles. The molecule has 0 aliphatic carbocycles. The van der Waals surface area contributed by atoms with Crippen molar-refractivity contribution in [3.63, 3.8) is 0 Å². The van der Waals surface area contributed by atoms with E-state index in [0.717, 1.165) is 53.0 Å². The highest BCUT2D eigenvalue weighted by Gasteiger charge is 2.21. The second-order valence-corrected chi connectivity index (χ2v) is 9.48. The summed E-state index contributed by atoms with van der Waals surface area (Å²) in [5.41, 5.74) is 0.852. The second kappa shape index (κ2) is 10.9. The molecule has 32 heavy (non-hydrogen) atoms. The Labute approximate surface area is 196 Å². The smallest absolute Gasteiger partial charge is 0.230 e. The van der Waals surface area contributed by atoms with Crippen molar-refractivity contribution >= 4 is 44.4 Å². The first-order valence-corrected chi connectivity index (χ1v) is 12.4. The molecule has 1 aromatic heterocycles. The Morgan fingerprint density at radius 1 is 1.09 bits per heavy atom. The number of aromatic nitrogens is 1. The van der Waals surface area contributed by atoms with Crippen LogP contribution in [-0.2, 0) is 4.79 Å². The normalized spacial score (nSPS) is 14.5. The first kappa shape index (κ1) is 22.7. The molecule has 1 amide bonds. The number of hydrogen-bond acceptors (Lipinski definition) is 8. The number of rotatable bonds is 9. The largest absolute Gasteiger partial charge is 0.493 e. The van der Waals surface area contributed by atoms with Crippen molar-refractivity contribution in [2.24, 2.45) is 0 Å². The molecule has 1 N–H and O–H groups in total. The van der Waals surface area contributed by atoms with Gasteiger partial charge in [0.1, 0.15) is 5.52 Å². The summed E-state index contributed by atoms with van der Waals surface area (Å²) < 4.78 is 12.0. The highest BCUT2D eigenvalue weighted by molar-refractivity contribution is 8.00.